The number of hydrogen-bond donors (Lipinski definition) is 2. The minimum absolute atomic E-state index is 0.121. The van der Waals surface area contributed by atoms with Crippen LogP contribution in [0.1, 0.15) is 30.5 Å². The Kier molecular flexibility index (Phi) is 7.75. The molecule has 166 valence electrons. The average molecular weight is 439 g/mol. The van der Waals surface area contributed by atoms with E-state index in [9.17, 15) is 18.8 Å². The number of nitrogens with zero attached hydrogens (tertiary/aromatic N) is 3. The van der Waals surface area contributed by atoms with Gasteiger partial charge in [0.2, 0.25) is 5.91 Å². The van der Waals surface area contributed by atoms with Crippen LogP contribution < -0.4 is 15.8 Å². The van der Waals surface area contributed by atoms with Gasteiger partial charge in [-0.1, -0.05) is 6.07 Å². The number of nitrogens with one attached hydrogen (secondary N) is 1. The van der Waals surface area contributed by atoms with Crippen molar-refractivity contribution in [1.29, 1.82) is 5.26 Å². The Morgan fingerprint density at radius 3 is 2.66 bits per heavy atom. The molecule has 0 aliphatic heterocycles. The number of amides is 1. The Hall–Kier alpha value is -3.93. The molecule has 1 heterocycles. The zero-order chi connectivity index (χ0) is 22.9. The van der Waals surface area contributed by atoms with Crippen molar-refractivity contribution < 1.29 is 18.3 Å². The lowest BCUT2D eigenvalue weighted by Gasteiger charge is -2.07. The fourth-order valence-corrected chi connectivity index (χ4v) is 3.11. The molecular weight excluding hydrogens is 416 g/mol. The molecule has 0 aliphatic rings. The first-order valence-corrected chi connectivity index (χ1v) is 10.2. The van der Waals surface area contributed by atoms with Gasteiger partial charge >= 0.3 is 0 Å². The molecule has 7 nitrogen and oxygen atoms in total. The van der Waals surface area contributed by atoms with Crippen LogP contribution >= 0.6 is 0 Å². The molecule has 3 rings (SSSR count). The smallest absolute Gasteiger partial charge is 0.220 e. The van der Waals surface area contributed by atoms with Gasteiger partial charge in [0.1, 0.15) is 34.8 Å². The molecule has 0 spiro atoms. The van der Waals surface area contributed by atoms with Gasteiger partial charge in [0.25, 0.3) is 0 Å². The highest BCUT2D eigenvalue weighted by molar-refractivity contribution is 5.75. The molecule has 0 aliphatic carbocycles. The van der Waals surface area contributed by atoms with E-state index in [2.05, 4.69) is 16.5 Å². The minimum atomic E-state index is -0.378. The number of nitriles is 1. The summed E-state index contributed by atoms with van der Waals surface area (Å²) in [5, 5.41) is 16.6. The maximum Gasteiger partial charge on any atom is 0.220 e. The molecule has 1 amide bonds. The number of rotatable bonds is 10. The van der Waals surface area contributed by atoms with E-state index in [1.165, 1.54) is 41.1 Å². The van der Waals surface area contributed by atoms with Gasteiger partial charge in [0.05, 0.1) is 18.0 Å². The first-order valence-electron chi connectivity index (χ1n) is 10.2. The molecule has 2 aromatic carbocycles. The van der Waals surface area contributed by atoms with Crippen LogP contribution in [0.4, 0.5) is 14.6 Å². The number of aromatic nitrogens is 2. The average Bonchev–Trinajstić information content (AvgIpc) is 3.10. The highest BCUT2D eigenvalue weighted by atomic mass is 19.1. The van der Waals surface area contributed by atoms with Crippen molar-refractivity contribution in [3.05, 3.63) is 71.4 Å². The molecule has 3 aromatic rings. The zero-order valence-corrected chi connectivity index (χ0v) is 17.4. The summed E-state index contributed by atoms with van der Waals surface area (Å²) in [6.45, 7) is 0.722. The molecule has 32 heavy (non-hydrogen) atoms. The number of carbonyl (C=O) groups is 1. The quantitative estimate of drug-likeness (QED) is 0.470. The largest absolute Gasteiger partial charge is 0.493 e. The summed E-state index contributed by atoms with van der Waals surface area (Å²) in [7, 11) is 0. The third kappa shape index (κ3) is 6.04. The molecular formula is C23H23F2N5O2. The van der Waals surface area contributed by atoms with Crippen LogP contribution in [0, 0.1) is 23.0 Å². The first kappa shape index (κ1) is 22.7. The number of benzene rings is 2. The van der Waals surface area contributed by atoms with E-state index >= 15 is 0 Å². The molecule has 3 N–H and O–H groups in total. The van der Waals surface area contributed by atoms with Gasteiger partial charge < -0.3 is 15.8 Å². The van der Waals surface area contributed by atoms with Crippen molar-refractivity contribution in [3.63, 3.8) is 0 Å². The van der Waals surface area contributed by atoms with Crippen molar-refractivity contribution in [3.8, 4) is 17.5 Å². The first-order chi connectivity index (χ1) is 15.5. The fourth-order valence-electron chi connectivity index (χ4n) is 3.11. The van der Waals surface area contributed by atoms with Crippen LogP contribution in [0.25, 0.3) is 5.69 Å². The Balaban J connectivity index is 1.42. The predicted molar refractivity (Wildman–Crippen MR) is 115 cm³/mol. The van der Waals surface area contributed by atoms with Crippen LogP contribution in [0.5, 0.6) is 5.75 Å². The third-order valence-electron chi connectivity index (χ3n) is 4.70. The van der Waals surface area contributed by atoms with Gasteiger partial charge in [0.15, 0.2) is 0 Å². The van der Waals surface area contributed by atoms with E-state index in [4.69, 9.17) is 10.5 Å². The predicted octanol–water partition coefficient (Wildman–Crippen LogP) is 3.51. The second-order valence-electron chi connectivity index (χ2n) is 7.07. The Morgan fingerprint density at radius 1 is 1.16 bits per heavy atom. The molecule has 0 unspecified atom stereocenters. The maximum absolute atomic E-state index is 13.1. The van der Waals surface area contributed by atoms with Crippen LogP contribution in [-0.4, -0.2) is 28.8 Å². The van der Waals surface area contributed by atoms with Gasteiger partial charge in [-0.25, -0.2) is 13.5 Å². The van der Waals surface area contributed by atoms with Crippen LogP contribution in [0.15, 0.2) is 48.5 Å². The zero-order valence-electron chi connectivity index (χ0n) is 17.4. The summed E-state index contributed by atoms with van der Waals surface area (Å²) >= 11 is 0. The Labute approximate surface area is 184 Å². The Bertz CT molecular complexity index is 1110. The molecule has 0 saturated carbocycles. The number of nitrogen functional groups attached to an aromatic ring is 1. The summed E-state index contributed by atoms with van der Waals surface area (Å²) in [4.78, 5) is 12.0. The molecule has 0 bridgehead atoms. The Morgan fingerprint density at radius 2 is 1.94 bits per heavy atom. The van der Waals surface area contributed by atoms with Crippen molar-refractivity contribution in [2.45, 2.75) is 25.7 Å². The van der Waals surface area contributed by atoms with Crippen molar-refractivity contribution in [1.82, 2.24) is 15.1 Å². The maximum atomic E-state index is 13.1. The summed E-state index contributed by atoms with van der Waals surface area (Å²) in [6, 6.07) is 13.5. The van der Waals surface area contributed by atoms with Crippen LogP contribution in [-0.2, 0) is 11.2 Å². The summed E-state index contributed by atoms with van der Waals surface area (Å²) in [5.41, 5.74) is 7.39. The lowest BCUT2D eigenvalue weighted by atomic mass is 10.1. The molecule has 0 atom stereocenters. The van der Waals surface area contributed by atoms with E-state index < -0.39 is 0 Å². The number of nitrogens with two attached hydrogens (primary N) is 1. The lowest BCUT2D eigenvalue weighted by Crippen LogP contribution is -2.25. The van der Waals surface area contributed by atoms with Crippen LogP contribution in [0.2, 0.25) is 0 Å². The van der Waals surface area contributed by atoms with E-state index in [1.54, 1.807) is 12.1 Å². The molecule has 0 fully saturated rings. The second-order valence-corrected chi connectivity index (χ2v) is 7.07. The normalized spacial score (nSPS) is 10.5. The number of aryl methyl sites for hydroxylation is 1. The lowest BCUT2D eigenvalue weighted by molar-refractivity contribution is -0.121. The summed E-state index contributed by atoms with van der Waals surface area (Å²) < 4.78 is 33.0. The molecule has 9 heteroatoms. The highest BCUT2D eigenvalue weighted by Crippen LogP contribution is 2.21. The summed E-state index contributed by atoms with van der Waals surface area (Å²) in [5.74, 6) is -0.250. The van der Waals surface area contributed by atoms with E-state index in [-0.39, 0.29) is 35.3 Å². The minimum Gasteiger partial charge on any atom is -0.493 e. The molecule has 1 aromatic heterocycles. The van der Waals surface area contributed by atoms with Gasteiger partial charge in [0, 0.05) is 19.0 Å². The van der Waals surface area contributed by atoms with E-state index in [0.717, 1.165) is 0 Å². The summed E-state index contributed by atoms with van der Waals surface area (Å²) in [6.07, 6.45) is 1.80. The van der Waals surface area contributed by atoms with Gasteiger partial charge in [-0.2, -0.15) is 10.4 Å². The second kappa shape index (κ2) is 10.9. The number of ether oxygens (including phenoxy) is 1. The van der Waals surface area contributed by atoms with E-state index in [0.29, 0.717) is 49.5 Å². The number of halogens is 2. The van der Waals surface area contributed by atoms with Gasteiger partial charge in [-0.15, -0.1) is 0 Å². The molecule has 0 radical (unpaired) electrons. The van der Waals surface area contributed by atoms with E-state index in [1.807, 2.05) is 0 Å². The topological polar surface area (TPSA) is 106 Å². The SMILES string of the molecule is N#Cc1c(CCCNC(=O)CCCOc2cccc(F)c2)nn(-c2ccc(F)cc2)c1N. The molecule has 0 saturated heterocycles. The van der Waals surface area contributed by atoms with Crippen molar-refractivity contribution in [2.24, 2.45) is 0 Å². The fraction of sp³-hybridized carbons (Fsp3) is 0.261. The standard InChI is InChI=1S/C23H23F2N5O2/c24-16-8-10-18(11-9-16)30-23(27)20(15-26)21(29-30)6-2-12-28-22(31)7-3-13-32-19-5-1-4-17(25)14-19/h1,4-5,8-11,14H,2-3,6-7,12-13,27H2,(H,28,31). The number of carbonyl (C=O) groups excluding carboxylic acids is 1. The van der Waals surface area contributed by atoms with Gasteiger partial charge in [-0.3, -0.25) is 4.79 Å². The highest BCUT2D eigenvalue weighted by Gasteiger charge is 2.16. The van der Waals surface area contributed by atoms with Crippen molar-refractivity contribution >= 4 is 11.7 Å². The number of anilines is 1. The number of hydrogen-bond acceptors (Lipinski definition) is 5. The van der Waals surface area contributed by atoms with Crippen LogP contribution in [0.3, 0.4) is 0 Å². The third-order valence-corrected chi connectivity index (χ3v) is 4.70. The van der Waals surface area contributed by atoms with Crippen molar-refractivity contribution in [2.75, 3.05) is 18.9 Å². The van der Waals surface area contributed by atoms with Gasteiger partial charge in [-0.05, 0) is 55.7 Å². The monoisotopic (exact) mass is 439 g/mol.